The number of rotatable bonds is 11. The van der Waals surface area contributed by atoms with Crippen molar-refractivity contribution in [3.05, 3.63) is 23.3 Å². The minimum atomic E-state index is -1.65. The molecule has 4 aliphatic carbocycles. The Bertz CT molecular complexity index is 1450. The van der Waals surface area contributed by atoms with Gasteiger partial charge in [-0.15, -0.1) is 0 Å². The average molecular weight is 781 g/mol. The van der Waals surface area contributed by atoms with Gasteiger partial charge in [0.25, 0.3) is 0 Å². The van der Waals surface area contributed by atoms with Crippen LogP contribution in [0.15, 0.2) is 23.3 Å². The molecule has 0 aromatic carbocycles. The quantitative estimate of drug-likeness (QED) is 0.141. The molecule has 3 saturated carbocycles. The van der Waals surface area contributed by atoms with Crippen molar-refractivity contribution in [3.63, 3.8) is 0 Å². The molecule has 13 heteroatoms. The van der Waals surface area contributed by atoms with Crippen LogP contribution in [0, 0.1) is 45.3 Å². The van der Waals surface area contributed by atoms with Crippen LogP contribution in [-0.2, 0) is 23.7 Å². The number of hydrogen-bond donors (Lipinski definition) is 8. The standard InChI is InChI=1S/C42H68O13/c1-21(19-52-37-36(51)34(49)32(47)27(55-37)20-53-38-35(50)33(48)31(46)26(18-43)54-38)9-8-10-22(2)23-15-16-40(5)28-13-11-24-25(12-14-29(44)39(24,3)4)42(28,7)30(45)17-41(23,40)6/h9,11,22-23,25-29,31-38,43-44,46-51H,8,10,12-20H2,1-7H3/b21-9+/t22-,23-,25-,26-,27-,28+,29-,31-,32-,33+,34+,35-,36-,37-,38-,40+,41-,42+/m1/s1. The molecule has 5 fully saturated rings. The summed E-state index contributed by atoms with van der Waals surface area (Å²) in [7, 11) is 0. The van der Waals surface area contributed by atoms with Crippen LogP contribution in [0.4, 0.5) is 0 Å². The lowest BCUT2D eigenvalue weighted by molar-refractivity contribution is -0.330. The summed E-state index contributed by atoms with van der Waals surface area (Å²) in [6.45, 7) is 14.6. The summed E-state index contributed by atoms with van der Waals surface area (Å²) in [6, 6.07) is 0. The van der Waals surface area contributed by atoms with Gasteiger partial charge in [-0.3, -0.25) is 4.79 Å². The predicted octanol–water partition coefficient (Wildman–Crippen LogP) is 2.13. The van der Waals surface area contributed by atoms with Gasteiger partial charge in [-0.2, -0.15) is 0 Å². The highest BCUT2D eigenvalue weighted by Crippen LogP contribution is 2.74. The first-order chi connectivity index (χ1) is 25.7. The van der Waals surface area contributed by atoms with E-state index >= 15 is 0 Å². The lowest BCUT2D eigenvalue weighted by Gasteiger charge is -2.64. The van der Waals surface area contributed by atoms with Gasteiger partial charge in [-0.05, 0) is 86.4 Å². The maximum Gasteiger partial charge on any atom is 0.187 e. The van der Waals surface area contributed by atoms with Crippen molar-refractivity contribution in [2.75, 3.05) is 19.8 Å². The number of ketones is 1. The lowest BCUT2D eigenvalue weighted by atomic mass is 9.38. The zero-order valence-corrected chi connectivity index (χ0v) is 33.7. The molecule has 0 unspecified atom stereocenters. The molecule has 0 aromatic heterocycles. The molecule has 0 aromatic rings. The van der Waals surface area contributed by atoms with Gasteiger partial charge in [0.05, 0.1) is 25.9 Å². The molecule has 0 amide bonds. The molecular formula is C42H68O13. The molecule has 2 aliphatic heterocycles. The Morgan fingerprint density at radius 3 is 2.13 bits per heavy atom. The Kier molecular flexibility index (Phi) is 12.6. The number of aliphatic hydroxyl groups excluding tert-OH is 8. The molecule has 18 atom stereocenters. The van der Waals surface area contributed by atoms with Gasteiger partial charge >= 0.3 is 0 Å². The molecule has 0 spiro atoms. The number of Topliss-reactive ketones (excluding diaryl/α,β-unsaturated/α-hetero) is 1. The number of fused-ring (bicyclic) bond motifs is 5. The molecule has 2 heterocycles. The summed E-state index contributed by atoms with van der Waals surface area (Å²) < 4.78 is 22.5. The highest BCUT2D eigenvalue weighted by molar-refractivity contribution is 5.88. The molecule has 2 saturated heterocycles. The topological polar surface area (TPSA) is 216 Å². The number of ether oxygens (including phenoxy) is 4. The second-order valence-electron chi connectivity index (χ2n) is 19.1. The molecule has 0 bridgehead atoms. The molecular weight excluding hydrogens is 712 g/mol. The first-order valence-corrected chi connectivity index (χ1v) is 20.5. The smallest absolute Gasteiger partial charge is 0.187 e. The second-order valence-corrected chi connectivity index (χ2v) is 19.1. The van der Waals surface area contributed by atoms with E-state index in [-0.39, 0.29) is 40.8 Å². The zero-order chi connectivity index (χ0) is 40.4. The van der Waals surface area contributed by atoms with Crippen molar-refractivity contribution >= 4 is 5.78 Å². The van der Waals surface area contributed by atoms with Crippen molar-refractivity contribution in [1.82, 2.24) is 0 Å². The van der Waals surface area contributed by atoms with Gasteiger partial charge in [0.15, 0.2) is 12.6 Å². The summed E-state index contributed by atoms with van der Waals surface area (Å²) in [6.07, 6.45) is -3.58. The van der Waals surface area contributed by atoms with Crippen molar-refractivity contribution in [1.29, 1.82) is 0 Å². The molecule has 0 radical (unpaired) electrons. The Hall–Kier alpha value is -1.33. The van der Waals surface area contributed by atoms with Gasteiger partial charge in [-0.25, -0.2) is 0 Å². The van der Waals surface area contributed by atoms with Crippen LogP contribution >= 0.6 is 0 Å². The normalized spacial score (nSPS) is 49.1. The summed E-state index contributed by atoms with van der Waals surface area (Å²) in [5, 5.41) is 82.4. The summed E-state index contributed by atoms with van der Waals surface area (Å²) in [5.41, 5.74) is 1.40. The third-order valence-corrected chi connectivity index (χ3v) is 15.9. The third kappa shape index (κ3) is 7.24. The van der Waals surface area contributed by atoms with Crippen LogP contribution in [0.3, 0.4) is 0 Å². The second kappa shape index (κ2) is 16.0. The van der Waals surface area contributed by atoms with Crippen LogP contribution in [0.25, 0.3) is 0 Å². The largest absolute Gasteiger partial charge is 0.394 e. The van der Waals surface area contributed by atoms with Gasteiger partial charge in [0.2, 0.25) is 0 Å². The van der Waals surface area contributed by atoms with Crippen molar-refractivity contribution in [2.24, 2.45) is 45.3 Å². The Morgan fingerprint density at radius 2 is 1.47 bits per heavy atom. The molecule has 55 heavy (non-hydrogen) atoms. The summed E-state index contributed by atoms with van der Waals surface area (Å²) in [4.78, 5) is 14.5. The van der Waals surface area contributed by atoms with Crippen LogP contribution in [-0.4, -0.2) is 134 Å². The fraction of sp³-hybridized carbons (Fsp3) is 0.881. The van der Waals surface area contributed by atoms with Crippen molar-refractivity contribution < 1.29 is 64.6 Å². The number of hydrogen-bond acceptors (Lipinski definition) is 13. The molecule has 6 aliphatic rings. The van der Waals surface area contributed by atoms with Crippen LogP contribution in [0.2, 0.25) is 0 Å². The van der Waals surface area contributed by atoms with E-state index < -0.39 is 80.0 Å². The number of allylic oxidation sites excluding steroid dienone is 2. The Morgan fingerprint density at radius 1 is 0.855 bits per heavy atom. The average Bonchev–Trinajstić information content (AvgIpc) is 3.41. The van der Waals surface area contributed by atoms with E-state index in [0.29, 0.717) is 24.0 Å². The first-order valence-electron chi connectivity index (χ1n) is 20.5. The molecule has 6 rings (SSSR count). The number of aliphatic hydroxyl groups is 8. The minimum absolute atomic E-state index is 0.0348. The fourth-order valence-corrected chi connectivity index (χ4v) is 12.0. The van der Waals surface area contributed by atoms with E-state index in [1.54, 1.807) is 0 Å². The number of carbonyl (C=O) groups excluding carboxylic acids is 1. The van der Waals surface area contributed by atoms with Crippen molar-refractivity contribution in [3.8, 4) is 0 Å². The highest BCUT2D eigenvalue weighted by atomic mass is 16.7. The molecule has 314 valence electrons. The maximum atomic E-state index is 14.5. The van der Waals surface area contributed by atoms with Gasteiger partial charge in [-0.1, -0.05) is 64.8 Å². The van der Waals surface area contributed by atoms with Crippen molar-refractivity contribution in [2.45, 2.75) is 167 Å². The van der Waals surface area contributed by atoms with E-state index in [4.69, 9.17) is 18.9 Å². The fourth-order valence-electron chi connectivity index (χ4n) is 12.0. The van der Waals surface area contributed by atoms with Gasteiger partial charge in [0.1, 0.15) is 54.6 Å². The van der Waals surface area contributed by atoms with Gasteiger partial charge in [0, 0.05) is 17.3 Å². The predicted molar refractivity (Wildman–Crippen MR) is 200 cm³/mol. The zero-order valence-electron chi connectivity index (χ0n) is 33.7. The Balaban J connectivity index is 1.03. The number of carbonyl (C=O) groups is 1. The lowest BCUT2D eigenvalue weighted by Crippen LogP contribution is -2.63. The van der Waals surface area contributed by atoms with Crippen LogP contribution in [0.1, 0.15) is 99.8 Å². The van der Waals surface area contributed by atoms with Crippen LogP contribution < -0.4 is 0 Å². The monoisotopic (exact) mass is 780 g/mol. The van der Waals surface area contributed by atoms with E-state index in [1.165, 1.54) is 5.57 Å². The van der Waals surface area contributed by atoms with E-state index in [2.05, 4.69) is 53.7 Å². The SMILES string of the molecule is C/C(=C\CC[C@@H](C)[C@H]1CC[C@@]2(C)[C@@H]3CC=C4[C@@H](CC[C@@H](O)C4(C)C)[C@]3(C)C(=O)C[C@]12C)CO[C@@H]1O[C@H](CO[C@@H]2O[C@H](CO)[C@@H](O)[C@H](O)[C@H]2O)[C@@H](O)[C@H](O)[C@H]1O. The third-order valence-electron chi connectivity index (χ3n) is 15.9. The van der Waals surface area contributed by atoms with Crippen LogP contribution in [0.5, 0.6) is 0 Å². The molecule has 8 N–H and O–H groups in total. The summed E-state index contributed by atoms with van der Waals surface area (Å²) in [5.74, 6) is 1.66. The minimum Gasteiger partial charge on any atom is -0.394 e. The van der Waals surface area contributed by atoms with Gasteiger partial charge < -0.3 is 59.8 Å². The molecule has 13 nitrogen and oxygen atoms in total. The van der Waals surface area contributed by atoms with E-state index in [9.17, 15) is 45.6 Å². The highest BCUT2D eigenvalue weighted by Gasteiger charge is 2.70. The van der Waals surface area contributed by atoms with E-state index in [0.717, 1.165) is 50.5 Å². The van der Waals surface area contributed by atoms with E-state index in [1.807, 2.05) is 6.92 Å². The first kappa shape index (κ1) is 43.3. The maximum absolute atomic E-state index is 14.5. The Labute approximate surface area is 325 Å². The summed E-state index contributed by atoms with van der Waals surface area (Å²) >= 11 is 0.